The Balaban J connectivity index is 1.82. The van der Waals surface area contributed by atoms with Crippen LogP contribution in [-0.2, 0) is 28.7 Å². The summed E-state index contributed by atoms with van der Waals surface area (Å²) in [5.41, 5.74) is -0.836. The van der Waals surface area contributed by atoms with Gasteiger partial charge in [-0.1, -0.05) is 6.42 Å². The van der Waals surface area contributed by atoms with Gasteiger partial charge in [-0.2, -0.15) is 8.42 Å². The number of carbonyl (C=O) groups excluding carboxylic acids is 3. The molecule has 0 saturated heterocycles. The van der Waals surface area contributed by atoms with Crippen LogP contribution in [0.3, 0.4) is 0 Å². The Labute approximate surface area is 159 Å². The summed E-state index contributed by atoms with van der Waals surface area (Å²) in [7, 11) is -4.57. The number of phenolic OH excluding ortho intramolecular Hbond substituents is 1. The van der Waals surface area contributed by atoms with Crippen molar-refractivity contribution in [3.8, 4) is 5.75 Å². The number of imide groups is 1. The standard InChI is InChI=1S/C16H16N2O9S/c19-13-6-5-11(10-12(13)18(23)24)28(25,26)27-16(22)4-2-1-3-9-17-14(20)7-8-15(17)21/h5-8,10,19H,1-4,9H2. The summed E-state index contributed by atoms with van der Waals surface area (Å²) in [4.78, 5) is 44.6. The predicted octanol–water partition coefficient (Wildman–Crippen LogP) is 1.02. The van der Waals surface area contributed by atoms with Crippen molar-refractivity contribution >= 4 is 33.6 Å². The Hall–Kier alpha value is -3.28. The van der Waals surface area contributed by atoms with Crippen molar-refractivity contribution in [3.63, 3.8) is 0 Å². The lowest BCUT2D eigenvalue weighted by Crippen LogP contribution is -2.30. The molecule has 2 amide bonds. The molecule has 150 valence electrons. The lowest BCUT2D eigenvalue weighted by Gasteiger charge is -2.12. The van der Waals surface area contributed by atoms with Gasteiger partial charge in [-0.25, -0.2) is 0 Å². The summed E-state index contributed by atoms with van der Waals surface area (Å²) in [5.74, 6) is -2.58. The first-order valence-corrected chi connectivity index (χ1v) is 9.51. The first kappa shape index (κ1) is 21.0. The number of carbonyl (C=O) groups is 3. The van der Waals surface area contributed by atoms with E-state index in [4.69, 9.17) is 0 Å². The van der Waals surface area contributed by atoms with Crippen molar-refractivity contribution in [1.29, 1.82) is 0 Å². The maximum atomic E-state index is 12.0. The van der Waals surface area contributed by atoms with Crippen LogP contribution in [0.1, 0.15) is 25.7 Å². The van der Waals surface area contributed by atoms with Gasteiger partial charge < -0.3 is 9.29 Å². The van der Waals surface area contributed by atoms with E-state index in [0.717, 1.165) is 29.2 Å². The molecule has 0 aromatic heterocycles. The molecular formula is C16H16N2O9S. The van der Waals surface area contributed by atoms with Crippen molar-refractivity contribution < 1.29 is 37.0 Å². The highest BCUT2D eigenvalue weighted by atomic mass is 32.2. The molecule has 1 aliphatic heterocycles. The van der Waals surface area contributed by atoms with Crippen molar-refractivity contribution in [2.24, 2.45) is 0 Å². The molecule has 2 rings (SSSR count). The minimum Gasteiger partial charge on any atom is -0.502 e. The summed E-state index contributed by atoms with van der Waals surface area (Å²) in [6.45, 7) is 0.190. The van der Waals surface area contributed by atoms with Gasteiger partial charge >= 0.3 is 21.8 Å². The highest BCUT2D eigenvalue weighted by Crippen LogP contribution is 2.29. The van der Waals surface area contributed by atoms with E-state index in [1.165, 1.54) is 0 Å². The van der Waals surface area contributed by atoms with Gasteiger partial charge in [-0.15, -0.1) is 0 Å². The van der Waals surface area contributed by atoms with Crippen LogP contribution < -0.4 is 0 Å². The van der Waals surface area contributed by atoms with E-state index in [2.05, 4.69) is 4.18 Å². The van der Waals surface area contributed by atoms with E-state index >= 15 is 0 Å². The van der Waals surface area contributed by atoms with Crippen LogP contribution in [0.25, 0.3) is 0 Å². The highest BCUT2D eigenvalue weighted by molar-refractivity contribution is 7.87. The number of phenols is 1. The Bertz CT molecular complexity index is 935. The van der Waals surface area contributed by atoms with Crippen LogP contribution in [0.15, 0.2) is 35.2 Å². The third kappa shape index (κ3) is 5.13. The SMILES string of the molecule is O=C(CCCCCN1C(=O)C=CC1=O)OS(=O)(=O)c1ccc(O)c([N+](=O)[O-])c1. The zero-order valence-corrected chi connectivity index (χ0v) is 15.3. The molecule has 0 radical (unpaired) electrons. The molecule has 0 spiro atoms. The zero-order valence-electron chi connectivity index (χ0n) is 14.4. The summed E-state index contributed by atoms with van der Waals surface area (Å²) < 4.78 is 28.5. The Morgan fingerprint density at radius 1 is 1.14 bits per heavy atom. The molecule has 1 aromatic rings. The molecule has 11 nitrogen and oxygen atoms in total. The number of unbranched alkanes of at least 4 members (excludes halogenated alkanes) is 2. The van der Waals surface area contributed by atoms with Gasteiger partial charge in [0, 0.05) is 31.2 Å². The fourth-order valence-corrected chi connectivity index (χ4v) is 3.30. The largest absolute Gasteiger partial charge is 0.502 e. The number of amides is 2. The van der Waals surface area contributed by atoms with Crippen LogP contribution in [0.5, 0.6) is 5.75 Å². The third-order valence-corrected chi connectivity index (χ3v) is 5.03. The number of nitro benzene ring substituents is 1. The molecule has 0 saturated carbocycles. The first-order chi connectivity index (χ1) is 13.1. The smallest absolute Gasteiger partial charge is 0.341 e. The number of hydrogen-bond acceptors (Lipinski definition) is 9. The van der Waals surface area contributed by atoms with Gasteiger partial charge in [-0.05, 0) is 25.0 Å². The molecule has 0 atom stereocenters. The Kier molecular flexibility index (Phi) is 6.46. The van der Waals surface area contributed by atoms with E-state index in [0.29, 0.717) is 18.9 Å². The number of rotatable bonds is 9. The maximum Gasteiger partial charge on any atom is 0.341 e. The lowest BCUT2D eigenvalue weighted by molar-refractivity contribution is -0.386. The molecule has 1 aliphatic rings. The molecule has 12 heteroatoms. The number of nitro groups is 1. The molecule has 1 N–H and O–H groups in total. The maximum absolute atomic E-state index is 12.0. The van der Waals surface area contributed by atoms with Gasteiger partial charge in [-0.3, -0.25) is 29.4 Å². The van der Waals surface area contributed by atoms with E-state index < -0.39 is 49.2 Å². The molecule has 0 unspecified atom stereocenters. The predicted molar refractivity (Wildman–Crippen MR) is 92.4 cm³/mol. The van der Waals surface area contributed by atoms with Gasteiger partial charge in [0.1, 0.15) is 4.90 Å². The van der Waals surface area contributed by atoms with Crippen molar-refractivity contribution in [2.75, 3.05) is 6.54 Å². The molecule has 0 bridgehead atoms. The third-order valence-electron chi connectivity index (χ3n) is 3.80. The number of benzene rings is 1. The fraction of sp³-hybridized carbons (Fsp3) is 0.312. The van der Waals surface area contributed by atoms with Crippen molar-refractivity contribution in [2.45, 2.75) is 30.6 Å². The molecular weight excluding hydrogens is 396 g/mol. The quantitative estimate of drug-likeness (QED) is 0.205. The van der Waals surface area contributed by atoms with Crippen LogP contribution >= 0.6 is 0 Å². The van der Waals surface area contributed by atoms with Crippen LogP contribution in [-0.4, -0.2) is 47.7 Å². The van der Waals surface area contributed by atoms with Crippen molar-refractivity contribution in [1.82, 2.24) is 4.90 Å². The molecule has 28 heavy (non-hydrogen) atoms. The average Bonchev–Trinajstić information content (AvgIpc) is 2.92. The second kappa shape index (κ2) is 8.61. The topological polar surface area (TPSA) is 161 Å². The summed E-state index contributed by atoms with van der Waals surface area (Å²) >= 11 is 0. The molecule has 0 fully saturated rings. The van der Waals surface area contributed by atoms with E-state index in [-0.39, 0.29) is 19.4 Å². The average molecular weight is 412 g/mol. The van der Waals surface area contributed by atoms with Crippen LogP contribution in [0.4, 0.5) is 5.69 Å². The molecule has 0 aliphatic carbocycles. The van der Waals surface area contributed by atoms with E-state index in [1.54, 1.807) is 0 Å². The van der Waals surface area contributed by atoms with Crippen molar-refractivity contribution in [3.05, 3.63) is 40.5 Å². The normalized spacial score (nSPS) is 13.8. The summed E-state index contributed by atoms with van der Waals surface area (Å²) in [5, 5.41) is 20.1. The summed E-state index contributed by atoms with van der Waals surface area (Å²) in [6.07, 6.45) is 3.23. The first-order valence-electron chi connectivity index (χ1n) is 8.10. The summed E-state index contributed by atoms with van der Waals surface area (Å²) in [6, 6.07) is 2.29. The van der Waals surface area contributed by atoms with Gasteiger partial charge in [0.25, 0.3) is 11.8 Å². The van der Waals surface area contributed by atoms with Gasteiger partial charge in [0.15, 0.2) is 5.75 Å². The van der Waals surface area contributed by atoms with E-state index in [1.807, 2.05) is 0 Å². The Morgan fingerprint density at radius 2 is 1.79 bits per heavy atom. The van der Waals surface area contributed by atoms with Crippen LogP contribution in [0, 0.1) is 10.1 Å². The highest BCUT2D eigenvalue weighted by Gasteiger charge is 2.25. The fourth-order valence-electron chi connectivity index (χ4n) is 2.38. The minimum atomic E-state index is -4.57. The number of aromatic hydroxyl groups is 1. The molecule has 1 aromatic carbocycles. The van der Waals surface area contributed by atoms with Crippen LogP contribution in [0.2, 0.25) is 0 Å². The Morgan fingerprint density at radius 3 is 2.39 bits per heavy atom. The molecule has 1 heterocycles. The zero-order chi connectivity index (χ0) is 20.9. The van der Waals surface area contributed by atoms with E-state index in [9.17, 15) is 38.0 Å². The minimum absolute atomic E-state index is 0.190. The number of hydrogen-bond donors (Lipinski definition) is 1. The lowest BCUT2D eigenvalue weighted by atomic mass is 10.2. The number of nitrogens with zero attached hydrogens (tertiary/aromatic N) is 2. The second-order valence-corrected chi connectivity index (χ2v) is 7.34. The monoisotopic (exact) mass is 412 g/mol. The van der Waals surface area contributed by atoms with Gasteiger partial charge in [0.05, 0.1) is 4.92 Å². The van der Waals surface area contributed by atoms with Gasteiger partial charge in [0.2, 0.25) is 0 Å². The second-order valence-electron chi connectivity index (χ2n) is 5.79.